The number of nitrogen functional groups attached to an aromatic ring is 2. The highest BCUT2D eigenvalue weighted by molar-refractivity contribution is 5.90. The second-order valence-electron chi connectivity index (χ2n) is 3.49. The van der Waals surface area contributed by atoms with E-state index < -0.39 is 0 Å². The topological polar surface area (TPSA) is 99.4 Å². The number of hydrogen-bond acceptors (Lipinski definition) is 6. The van der Waals surface area contributed by atoms with Gasteiger partial charge in [0, 0.05) is 24.2 Å². The van der Waals surface area contributed by atoms with E-state index in [-0.39, 0.29) is 5.82 Å². The first kappa shape index (κ1) is 11.8. The smallest absolute Gasteiger partial charge is 0.195 e. The zero-order valence-corrected chi connectivity index (χ0v) is 9.87. The minimum absolute atomic E-state index is 0.273. The summed E-state index contributed by atoms with van der Waals surface area (Å²) in [6, 6.07) is 5.44. The molecule has 1 heterocycles. The fraction of sp³-hybridized carbons (Fsp3) is 0.0833. The van der Waals surface area contributed by atoms with Gasteiger partial charge < -0.3 is 16.2 Å². The van der Waals surface area contributed by atoms with Crippen molar-refractivity contribution in [1.82, 2.24) is 9.97 Å². The summed E-state index contributed by atoms with van der Waals surface area (Å²) in [5, 5.41) is 0. The van der Waals surface area contributed by atoms with Crippen molar-refractivity contribution in [3.63, 3.8) is 0 Å². The highest BCUT2D eigenvalue weighted by Gasteiger charge is 2.03. The lowest BCUT2D eigenvalue weighted by Crippen LogP contribution is -1.97. The van der Waals surface area contributed by atoms with Crippen LogP contribution in [0.3, 0.4) is 0 Å². The second-order valence-corrected chi connectivity index (χ2v) is 3.49. The molecule has 0 aliphatic heterocycles. The normalized spacial score (nSPS) is 10.7. The van der Waals surface area contributed by atoms with Crippen molar-refractivity contribution >= 4 is 23.5 Å². The molecule has 18 heavy (non-hydrogen) atoms. The lowest BCUT2D eigenvalue weighted by Gasteiger charge is -2.06. The summed E-state index contributed by atoms with van der Waals surface area (Å²) in [5.41, 5.74) is 12.8. The van der Waals surface area contributed by atoms with E-state index in [1.165, 1.54) is 12.4 Å². The summed E-state index contributed by atoms with van der Waals surface area (Å²) in [4.78, 5) is 12.1. The maximum Gasteiger partial charge on any atom is 0.195 e. The lowest BCUT2D eigenvalue weighted by atomic mass is 10.2. The van der Waals surface area contributed by atoms with Gasteiger partial charge in [-0.1, -0.05) is 12.1 Å². The second kappa shape index (κ2) is 5.13. The molecule has 6 nitrogen and oxygen atoms in total. The molecule has 4 N–H and O–H groups in total. The van der Waals surface area contributed by atoms with Crippen LogP contribution in [0.5, 0.6) is 5.75 Å². The number of nitrogens with two attached hydrogens (primary N) is 2. The van der Waals surface area contributed by atoms with E-state index in [0.717, 1.165) is 5.56 Å². The highest BCUT2D eigenvalue weighted by atomic mass is 16.5. The van der Waals surface area contributed by atoms with Gasteiger partial charge in [0.25, 0.3) is 0 Å². The summed E-state index contributed by atoms with van der Waals surface area (Å²) in [5.74, 6) is 1.24. The first-order valence-corrected chi connectivity index (χ1v) is 5.25. The van der Waals surface area contributed by atoms with Crippen molar-refractivity contribution in [3.05, 3.63) is 36.2 Å². The Morgan fingerprint density at radius 2 is 2.00 bits per heavy atom. The average Bonchev–Trinajstić information content (AvgIpc) is 2.39. The predicted molar refractivity (Wildman–Crippen MR) is 71.1 cm³/mol. The molecule has 2 rings (SSSR count). The van der Waals surface area contributed by atoms with Crippen molar-refractivity contribution in [2.75, 3.05) is 18.6 Å². The van der Waals surface area contributed by atoms with Crippen LogP contribution in [0.15, 0.2) is 35.6 Å². The van der Waals surface area contributed by atoms with Crippen molar-refractivity contribution < 1.29 is 4.74 Å². The molecule has 2 aromatic rings. The van der Waals surface area contributed by atoms with E-state index in [2.05, 4.69) is 15.0 Å². The maximum atomic E-state index is 5.91. The molecule has 0 aliphatic rings. The van der Waals surface area contributed by atoms with E-state index in [4.69, 9.17) is 16.2 Å². The molecule has 0 atom stereocenters. The molecule has 0 amide bonds. The Bertz CT molecular complexity index is 582. The number of nitrogens with zero attached hydrogens (tertiary/aromatic N) is 3. The lowest BCUT2D eigenvalue weighted by molar-refractivity contribution is 0.417. The quantitative estimate of drug-likeness (QED) is 0.627. The first-order chi connectivity index (χ1) is 8.72. The number of methoxy groups -OCH3 is 1. The summed E-state index contributed by atoms with van der Waals surface area (Å²) in [6.07, 6.45) is 4.62. The van der Waals surface area contributed by atoms with Crippen LogP contribution < -0.4 is 16.2 Å². The van der Waals surface area contributed by atoms with Crippen LogP contribution in [0, 0.1) is 0 Å². The summed E-state index contributed by atoms with van der Waals surface area (Å²) < 4.78 is 5.12. The van der Waals surface area contributed by atoms with Gasteiger partial charge in [-0.2, -0.15) is 0 Å². The molecular weight excluding hydrogens is 230 g/mol. The predicted octanol–water partition coefficient (Wildman–Crippen LogP) is 1.40. The molecule has 1 aromatic carbocycles. The maximum absolute atomic E-state index is 5.91. The monoisotopic (exact) mass is 243 g/mol. The van der Waals surface area contributed by atoms with Crippen molar-refractivity contribution in [2.24, 2.45) is 4.99 Å². The Kier molecular flexibility index (Phi) is 3.38. The van der Waals surface area contributed by atoms with E-state index in [0.29, 0.717) is 17.3 Å². The Hall–Kier alpha value is -2.63. The van der Waals surface area contributed by atoms with Gasteiger partial charge in [-0.3, -0.25) is 0 Å². The van der Waals surface area contributed by atoms with Crippen molar-refractivity contribution in [1.29, 1.82) is 0 Å². The standard InChI is InChI=1S/C12H13N5O/c1-18-9-4-2-3-8(10(9)13)7-17-12-11(14)15-5-6-16-12/h2-7H,13H2,1H3,(H2,14,15). The molecule has 0 bridgehead atoms. The third kappa shape index (κ3) is 2.37. The number of benzene rings is 1. The van der Waals surface area contributed by atoms with Gasteiger partial charge in [0.1, 0.15) is 5.75 Å². The van der Waals surface area contributed by atoms with Gasteiger partial charge in [-0.15, -0.1) is 0 Å². The fourth-order valence-corrected chi connectivity index (χ4v) is 1.42. The summed E-state index contributed by atoms with van der Waals surface area (Å²) in [6.45, 7) is 0. The number of para-hydroxylation sites is 1. The van der Waals surface area contributed by atoms with Crippen LogP contribution in [0.1, 0.15) is 5.56 Å². The molecular formula is C12H13N5O. The first-order valence-electron chi connectivity index (χ1n) is 5.25. The van der Waals surface area contributed by atoms with E-state index in [1.807, 2.05) is 12.1 Å². The molecule has 0 saturated heterocycles. The Morgan fingerprint density at radius 1 is 1.22 bits per heavy atom. The number of hydrogen-bond donors (Lipinski definition) is 2. The number of aliphatic imine (C=N–C) groups is 1. The van der Waals surface area contributed by atoms with Crippen LogP contribution in [0.25, 0.3) is 0 Å². The minimum Gasteiger partial charge on any atom is -0.495 e. The molecule has 6 heteroatoms. The van der Waals surface area contributed by atoms with Crippen LogP contribution in [0.2, 0.25) is 0 Å². The molecule has 0 aliphatic carbocycles. The van der Waals surface area contributed by atoms with Crippen LogP contribution in [-0.4, -0.2) is 23.3 Å². The number of rotatable bonds is 3. The van der Waals surface area contributed by atoms with Gasteiger partial charge in [-0.05, 0) is 6.07 Å². The van der Waals surface area contributed by atoms with Crippen LogP contribution in [0.4, 0.5) is 17.3 Å². The van der Waals surface area contributed by atoms with Gasteiger partial charge in [0.15, 0.2) is 11.6 Å². The van der Waals surface area contributed by atoms with E-state index in [9.17, 15) is 0 Å². The van der Waals surface area contributed by atoms with Crippen LogP contribution in [-0.2, 0) is 0 Å². The minimum atomic E-state index is 0.273. The van der Waals surface area contributed by atoms with Crippen molar-refractivity contribution in [2.45, 2.75) is 0 Å². The zero-order valence-electron chi connectivity index (χ0n) is 9.87. The Morgan fingerprint density at radius 3 is 2.72 bits per heavy atom. The van der Waals surface area contributed by atoms with Gasteiger partial charge in [-0.25, -0.2) is 15.0 Å². The van der Waals surface area contributed by atoms with Gasteiger partial charge >= 0.3 is 0 Å². The van der Waals surface area contributed by atoms with Gasteiger partial charge in [0.2, 0.25) is 0 Å². The number of anilines is 2. The SMILES string of the molecule is COc1cccc(C=Nc2nccnc2N)c1N. The molecule has 1 aromatic heterocycles. The summed E-state index contributed by atoms with van der Waals surface area (Å²) >= 11 is 0. The molecule has 0 unspecified atom stereocenters. The molecule has 0 radical (unpaired) electrons. The van der Waals surface area contributed by atoms with E-state index >= 15 is 0 Å². The molecule has 0 spiro atoms. The fourth-order valence-electron chi connectivity index (χ4n) is 1.42. The molecule has 92 valence electrons. The Labute approximate surface area is 104 Å². The molecule has 0 saturated carbocycles. The summed E-state index contributed by atoms with van der Waals surface area (Å²) in [7, 11) is 1.56. The largest absolute Gasteiger partial charge is 0.495 e. The number of ether oxygens (including phenoxy) is 1. The Balaban J connectivity index is 2.32. The number of aromatic nitrogens is 2. The third-order valence-electron chi connectivity index (χ3n) is 2.35. The highest BCUT2D eigenvalue weighted by Crippen LogP contribution is 2.24. The van der Waals surface area contributed by atoms with E-state index in [1.54, 1.807) is 19.4 Å². The third-order valence-corrected chi connectivity index (χ3v) is 2.35. The molecule has 0 fully saturated rings. The van der Waals surface area contributed by atoms with Gasteiger partial charge in [0.05, 0.1) is 12.8 Å². The van der Waals surface area contributed by atoms with Crippen LogP contribution >= 0.6 is 0 Å². The zero-order chi connectivity index (χ0) is 13.0. The van der Waals surface area contributed by atoms with Crippen molar-refractivity contribution in [3.8, 4) is 5.75 Å². The average molecular weight is 243 g/mol.